The molecule has 4 aromatic rings. The third kappa shape index (κ3) is 3.19. The summed E-state index contributed by atoms with van der Waals surface area (Å²) in [5.74, 6) is -0.530. The molecule has 5 rings (SSSR count). The van der Waals surface area contributed by atoms with Crippen LogP contribution in [0.2, 0.25) is 0 Å². The lowest BCUT2D eigenvalue weighted by molar-refractivity contribution is 0.0591. The first kappa shape index (κ1) is 20.7. The summed E-state index contributed by atoms with van der Waals surface area (Å²) in [5, 5.41) is 0.884. The number of pyridine rings is 1. The molecule has 32 heavy (non-hydrogen) atoms. The first-order valence-corrected chi connectivity index (χ1v) is 11.0. The average Bonchev–Trinajstić information content (AvgIpc) is 3.30. The van der Waals surface area contributed by atoms with Crippen LogP contribution < -0.4 is 5.56 Å². The number of carbonyl (C=O) groups is 1. The second kappa shape index (κ2) is 7.44. The highest BCUT2D eigenvalue weighted by molar-refractivity contribution is 9.10. The van der Waals surface area contributed by atoms with Gasteiger partial charge in [0.05, 0.1) is 22.0 Å². The minimum atomic E-state index is -0.329. The summed E-state index contributed by atoms with van der Waals surface area (Å²) >= 11 is 3.26. The van der Waals surface area contributed by atoms with Gasteiger partial charge in [-0.25, -0.2) is 9.37 Å². The van der Waals surface area contributed by atoms with Crippen molar-refractivity contribution in [2.24, 2.45) is 7.05 Å². The lowest BCUT2D eigenvalue weighted by Crippen LogP contribution is -2.49. The largest absolute Gasteiger partial charge is 0.350 e. The molecule has 3 aromatic heterocycles. The number of aryl methyl sites for hydroxylation is 2. The molecule has 0 fully saturated rings. The highest BCUT2D eigenvalue weighted by Gasteiger charge is 2.32. The summed E-state index contributed by atoms with van der Waals surface area (Å²) in [7, 11) is 1.86. The van der Waals surface area contributed by atoms with Crippen LogP contribution in [-0.2, 0) is 20.1 Å². The van der Waals surface area contributed by atoms with Crippen molar-refractivity contribution in [2.45, 2.75) is 33.0 Å². The number of aromatic nitrogens is 4. The number of nitrogens with zero attached hydrogens (tertiary/aromatic N) is 5. The van der Waals surface area contributed by atoms with Crippen LogP contribution in [0.15, 0.2) is 52.3 Å². The summed E-state index contributed by atoms with van der Waals surface area (Å²) < 4.78 is 19.5. The number of imidazole rings is 1. The van der Waals surface area contributed by atoms with Gasteiger partial charge in [0, 0.05) is 44.0 Å². The van der Waals surface area contributed by atoms with Crippen LogP contribution in [0.1, 0.15) is 28.7 Å². The molecule has 1 amide bonds. The van der Waals surface area contributed by atoms with E-state index in [0.717, 1.165) is 22.2 Å². The summed E-state index contributed by atoms with van der Waals surface area (Å²) in [6, 6.07) is 6.41. The second-order valence-electron chi connectivity index (χ2n) is 8.27. The molecule has 0 aliphatic carbocycles. The van der Waals surface area contributed by atoms with E-state index in [9.17, 15) is 14.0 Å². The van der Waals surface area contributed by atoms with Gasteiger partial charge in [-0.05, 0) is 59.6 Å². The lowest BCUT2D eigenvalue weighted by Gasteiger charge is -2.35. The number of hydrogen-bond donors (Lipinski definition) is 0. The van der Waals surface area contributed by atoms with E-state index in [1.54, 1.807) is 44.8 Å². The molecule has 1 aromatic carbocycles. The maximum Gasteiger partial charge on any atom is 0.275 e. The SMILES string of the molecule is Cc1cn(-c2ccc3n(c2=O)C[C@@H](C)N(Cc2cn(C)c4cc(F)c(Br)cc24)C3=O)cn1. The third-order valence-electron chi connectivity index (χ3n) is 6.06. The molecule has 7 nitrogen and oxygen atoms in total. The Morgan fingerprint density at radius 2 is 2.00 bits per heavy atom. The lowest BCUT2D eigenvalue weighted by atomic mass is 10.1. The standard InChI is InChI=1S/C23H21BrFN5O2/c1-13-8-28(12-26-13)19-4-5-20-23(32)29(14(2)9-30(20)22(19)31)11-15-10-27(3)21-7-18(25)17(24)6-16(15)21/h4-8,10,12,14H,9,11H2,1-3H3/t14-/m1/s1. The number of halogens is 2. The van der Waals surface area contributed by atoms with E-state index in [0.29, 0.717) is 28.9 Å². The second-order valence-corrected chi connectivity index (χ2v) is 9.13. The predicted octanol–water partition coefficient (Wildman–Crippen LogP) is 3.78. The van der Waals surface area contributed by atoms with Crippen LogP contribution in [-0.4, -0.2) is 35.5 Å². The smallest absolute Gasteiger partial charge is 0.275 e. The zero-order valence-electron chi connectivity index (χ0n) is 17.8. The van der Waals surface area contributed by atoms with E-state index in [-0.39, 0.29) is 23.3 Å². The predicted molar refractivity (Wildman–Crippen MR) is 122 cm³/mol. The van der Waals surface area contributed by atoms with E-state index in [1.807, 2.05) is 31.7 Å². The maximum atomic E-state index is 14.0. The fourth-order valence-electron chi connectivity index (χ4n) is 4.39. The van der Waals surface area contributed by atoms with Gasteiger partial charge in [0.1, 0.15) is 17.2 Å². The number of rotatable bonds is 3. The van der Waals surface area contributed by atoms with Crippen LogP contribution in [0.25, 0.3) is 16.6 Å². The maximum absolute atomic E-state index is 14.0. The molecule has 0 spiro atoms. The van der Waals surface area contributed by atoms with E-state index in [2.05, 4.69) is 20.9 Å². The Bertz CT molecular complexity index is 1450. The van der Waals surface area contributed by atoms with Crippen molar-refractivity contribution in [1.82, 2.24) is 23.6 Å². The summed E-state index contributed by atoms with van der Waals surface area (Å²) in [4.78, 5) is 32.4. The minimum absolute atomic E-state index is 0.188. The molecule has 1 aliphatic rings. The fraction of sp³-hybridized carbons (Fsp3) is 0.261. The molecule has 4 heterocycles. The van der Waals surface area contributed by atoms with Crippen molar-refractivity contribution < 1.29 is 9.18 Å². The number of carbonyl (C=O) groups excluding carboxylic acids is 1. The molecule has 0 saturated carbocycles. The van der Waals surface area contributed by atoms with Gasteiger partial charge in [-0.15, -0.1) is 0 Å². The van der Waals surface area contributed by atoms with Crippen LogP contribution in [0.3, 0.4) is 0 Å². The van der Waals surface area contributed by atoms with Crippen LogP contribution in [0.5, 0.6) is 0 Å². The fourth-order valence-corrected chi connectivity index (χ4v) is 4.73. The van der Waals surface area contributed by atoms with Gasteiger partial charge in [0.15, 0.2) is 0 Å². The average molecular weight is 498 g/mol. The van der Waals surface area contributed by atoms with Gasteiger partial charge in [0.25, 0.3) is 11.5 Å². The first-order chi connectivity index (χ1) is 15.2. The number of fused-ring (bicyclic) bond motifs is 2. The molecule has 0 bridgehead atoms. The van der Waals surface area contributed by atoms with Crippen molar-refractivity contribution in [2.75, 3.05) is 0 Å². The Morgan fingerprint density at radius 3 is 2.72 bits per heavy atom. The summed E-state index contributed by atoms with van der Waals surface area (Å²) in [6.45, 7) is 4.55. The van der Waals surface area contributed by atoms with Crippen molar-refractivity contribution in [3.63, 3.8) is 0 Å². The van der Waals surface area contributed by atoms with Gasteiger partial charge in [-0.1, -0.05) is 0 Å². The van der Waals surface area contributed by atoms with Crippen molar-refractivity contribution in [3.05, 3.63) is 80.6 Å². The zero-order chi connectivity index (χ0) is 22.7. The van der Waals surface area contributed by atoms with E-state index >= 15 is 0 Å². The van der Waals surface area contributed by atoms with Crippen LogP contribution in [0, 0.1) is 12.7 Å². The zero-order valence-corrected chi connectivity index (χ0v) is 19.4. The van der Waals surface area contributed by atoms with E-state index in [4.69, 9.17) is 0 Å². The van der Waals surface area contributed by atoms with Gasteiger partial charge in [0.2, 0.25) is 0 Å². The molecule has 9 heteroatoms. The Hall–Kier alpha value is -3.20. The van der Waals surface area contributed by atoms with E-state index in [1.165, 1.54) is 6.07 Å². The highest BCUT2D eigenvalue weighted by Crippen LogP contribution is 2.29. The molecule has 164 valence electrons. The highest BCUT2D eigenvalue weighted by atomic mass is 79.9. The van der Waals surface area contributed by atoms with E-state index < -0.39 is 0 Å². The van der Waals surface area contributed by atoms with Crippen molar-refractivity contribution in [1.29, 1.82) is 0 Å². The number of benzene rings is 1. The Balaban J connectivity index is 1.52. The quantitative estimate of drug-likeness (QED) is 0.432. The molecule has 0 radical (unpaired) electrons. The normalized spacial score (nSPS) is 16.1. The molecule has 1 aliphatic heterocycles. The Kier molecular flexibility index (Phi) is 4.81. The van der Waals surface area contributed by atoms with Crippen LogP contribution in [0.4, 0.5) is 4.39 Å². The topological polar surface area (TPSA) is 65.1 Å². The molecule has 1 atom stereocenters. The molecular weight excluding hydrogens is 477 g/mol. The molecule has 0 unspecified atom stereocenters. The Labute approximate surface area is 191 Å². The first-order valence-electron chi connectivity index (χ1n) is 10.2. The molecule has 0 saturated heterocycles. The minimum Gasteiger partial charge on any atom is -0.350 e. The third-order valence-corrected chi connectivity index (χ3v) is 6.67. The molecule has 0 N–H and O–H groups in total. The van der Waals surface area contributed by atoms with Gasteiger partial charge in [-0.2, -0.15) is 0 Å². The van der Waals surface area contributed by atoms with Crippen molar-refractivity contribution in [3.8, 4) is 5.69 Å². The van der Waals surface area contributed by atoms with Gasteiger partial charge >= 0.3 is 0 Å². The summed E-state index contributed by atoms with van der Waals surface area (Å²) in [6.07, 6.45) is 5.30. The van der Waals surface area contributed by atoms with Crippen LogP contribution >= 0.6 is 15.9 Å². The van der Waals surface area contributed by atoms with Crippen molar-refractivity contribution >= 4 is 32.7 Å². The molecular formula is C23H21BrFN5O2. The van der Waals surface area contributed by atoms with Gasteiger partial charge in [-0.3, -0.25) is 9.59 Å². The number of hydrogen-bond acceptors (Lipinski definition) is 3. The number of amides is 1. The van der Waals surface area contributed by atoms with Gasteiger partial charge < -0.3 is 18.6 Å². The summed E-state index contributed by atoms with van der Waals surface area (Å²) in [5.41, 5.74) is 3.10. The Morgan fingerprint density at radius 1 is 1.22 bits per heavy atom. The monoisotopic (exact) mass is 497 g/mol.